The highest BCUT2D eigenvalue weighted by atomic mass is 16.7. The zero-order valence-electron chi connectivity index (χ0n) is 15.8. The van der Waals surface area contributed by atoms with Gasteiger partial charge in [0.25, 0.3) is 0 Å². The summed E-state index contributed by atoms with van der Waals surface area (Å²) in [5.74, 6) is -1.87. The first-order chi connectivity index (χ1) is 12.8. The molecule has 146 valence electrons. The normalized spacial score (nSPS) is 17.7. The Labute approximate surface area is 157 Å². The largest absolute Gasteiger partial charge is 0.497 e. The smallest absolute Gasteiger partial charge is 0.463 e. The van der Waals surface area contributed by atoms with Crippen LogP contribution in [0.3, 0.4) is 0 Å². The number of esters is 1. The Morgan fingerprint density at radius 3 is 2.44 bits per heavy atom. The van der Waals surface area contributed by atoms with Gasteiger partial charge in [-0.25, -0.2) is 4.79 Å². The molecule has 9 heteroatoms. The molecule has 1 atom stereocenters. The van der Waals surface area contributed by atoms with Crippen molar-refractivity contribution in [2.24, 2.45) is 0 Å². The number of hydrogen-bond acceptors (Lipinski definition) is 6. The van der Waals surface area contributed by atoms with Crippen LogP contribution in [-0.4, -0.2) is 61.6 Å². The Balaban J connectivity index is 2.23. The molecule has 0 saturated carbocycles. The number of nitrogens with zero attached hydrogens (tertiary/aromatic N) is 3. The zero-order chi connectivity index (χ0) is 20.0. The van der Waals surface area contributed by atoms with Crippen LogP contribution in [0.1, 0.15) is 20.3 Å². The van der Waals surface area contributed by atoms with Gasteiger partial charge in [0, 0.05) is 12.2 Å². The van der Waals surface area contributed by atoms with Crippen molar-refractivity contribution in [3.05, 3.63) is 29.8 Å². The van der Waals surface area contributed by atoms with E-state index in [1.165, 1.54) is 12.0 Å². The molecule has 1 aromatic carbocycles. The molecule has 1 aliphatic rings. The lowest BCUT2D eigenvalue weighted by atomic mass is 10.2. The van der Waals surface area contributed by atoms with E-state index in [1.54, 1.807) is 24.3 Å². The molecule has 9 nitrogen and oxygen atoms in total. The number of carbonyl (C=O) groups is 2. The molecular formula is C18H23N3O6. The van der Waals surface area contributed by atoms with Crippen molar-refractivity contribution in [3.63, 3.8) is 0 Å². The molecular weight excluding hydrogens is 354 g/mol. The fourth-order valence-corrected chi connectivity index (χ4v) is 2.68. The minimum atomic E-state index is -1.03. The molecule has 0 aliphatic carbocycles. The molecule has 1 heterocycles. The quantitative estimate of drug-likeness (QED) is 0.234. The standard InChI is InChI=1S/C18H23N3O6/c1-18(2)26-11-14(27-18)9-10-21(12-5-7-13(24-3)8-6-12)16(22)15(20-19)17(23)25-4/h5-8,14H,9-11H2,1-4H3/t14-/m0/s1. The van der Waals surface area contributed by atoms with Gasteiger partial charge in [-0.15, -0.1) is 0 Å². The first kappa shape index (κ1) is 20.6. The lowest BCUT2D eigenvalue weighted by molar-refractivity contribution is -0.139. The third-order valence-corrected chi connectivity index (χ3v) is 4.05. The van der Waals surface area contributed by atoms with Crippen LogP contribution in [0, 0.1) is 0 Å². The van der Waals surface area contributed by atoms with Crippen LogP contribution >= 0.6 is 0 Å². The van der Waals surface area contributed by atoms with E-state index in [2.05, 4.69) is 9.53 Å². The van der Waals surface area contributed by atoms with E-state index in [-0.39, 0.29) is 12.6 Å². The van der Waals surface area contributed by atoms with Crippen molar-refractivity contribution >= 4 is 23.3 Å². The van der Waals surface area contributed by atoms with Crippen LogP contribution in [0.15, 0.2) is 24.3 Å². The SMILES string of the molecule is COC(=O)C(=[N+]=[N-])C(=O)N(CC[C@H]1COC(C)(C)O1)c1ccc(OC)cc1. The summed E-state index contributed by atoms with van der Waals surface area (Å²) in [6.07, 6.45) is 0.252. The lowest BCUT2D eigenvalue weighted by Crippen LogP contribution is -2.42. The summed E-state index contributed by atoms with van der Waals surface area (Å²) in [7, 11) is 2.63. The van der Waals surface area contributed by atoms with Crippen molar-refractivity contribution in [1.29, 1.82) is 0 Å². The van der Waals surface area contributed by atoms with Crippen molar-refractivity contribution in [3.8, 4) is 5.75 Å². The van der Waals surface area contributed by atoms with Crippen LogP contribution in [-0.2, 0) is 23.8 Å². The number of benzene rings is 1. The highest BCUT2D eigenvalue weighted by Gasteiger charge is 2.37. The fourth-order valence-electron chi connectivity index (χ4n) is 2.68. The summed E-state index contributed by atoms with van der Waals surface area (Å²) in [6.45, 7) is 4.24. The number of methoxy groups -OCH3 is 2. The second-order valence-corrected chi connectivity index (χ2v) is 6.33. The van der Waals surface area contributed by atoms with Crippen molar-refractivity contribution in [2.75, 3.05) is 32.3 Å². The summed E-state index contributed by atoms with van der Waals surface area (Å²) in [4.78, 5) is 28.7. The van der Waals surface area contributed by atoms with Crippen LogP contribution in [0.2, 0.25) is 0 Å². The van der Waals surface area contributed by atoms with Crippen LogP contribution in [0.5, 0.6) is 5.75 Å². The fraction of sp³-hybridized carbons (Fsp3) is 0.500. The molecule has 2 rings (SSSR count). The van der Waals surface area contributed by atoms with Crippen LogP contribution in [0.25, 0.3) is 5.53 Å². The van der Waals surface area contributed by atoms with Gasteiger partial charge < -0.3 is 29.4 Å². The van der Waals surface area contributed by atoms with Gasteiger partial charge in [-0.1, -0.05) is 0 Å². The lowest BCUT2D eigenvalue weighted by Gasteiger charge is -2.23. The second kappa shape index (κ2) is 8.77. The highest BCUT2D eigenvalue weighted by Crippen LogP contribution is 2.26. The van der Waals surface area contributed by atoms with Crippen LogP contribution in [0.4, 0.5) is 5.69 Å². The summed E-state index contributed by atoms with van der Waals surface area (Å²) >= 11 is 0. The Kier molecular flexibility index (Phi) is 6.68. The Morgan fingerprint density at radius 2 is 1.96 bits per heavy atom. The molecule has 0 radical (unpaired) electrons. The van der Waals surface area contributed by atoms with Gasteiger partial charge in [0.1, 0.15) is 5.75 Å². The predicted molar refractivity (Wildman–Crippen MR) is 95.5 cm³/mol. The summed E-state index contributed by atoms with van der Waals surface area (Å²) in [5.41, 5.74) is 8.89. The Bertz CT molecular complexity index is 740. The monoisotopic (exact) mass is 377 g/mol. The van der Waals surface area contributed by atoms with Gasteiger partial charge in [-0.05, 0) is 44.5 Å². The summed E-state index contributed by atoms with van der Waals surface area (Å²) < 4.78 is 20.9. The molecule has 1 aromatic rings. The number of anilines is 1. The van der Waals surface area contributed by atoms with Crippen molar-refractivity contribution in [1.82, 2.24) is 0 Å². The minimum Gasteiger partial charge on any atom is -0.497 e. The van der Waals surface area contributed by atoms with E-state index in [0.717, 1.165) is 7.11 Å². The molecule has 27 heavy (non-hydrogen) atoms. The number of carbonyl (C=O) groups excluding carboxylic acids is 2. The maximum Gasteiger partial charge on any atom is 0.463 e. The van der Waals surface area contributed by atoms with Gasteiger partial charge in [-0.3, -0.25) is 4.79 Å². The molecule has 1 amide bonds. The van der Waals surface area contributed by atoms with Gasteiger partial charge >= 0.3 is 17.6 Å². The summed E-state index contributed by atoms with van der Waals surface area (Å²) in [5, 5.41) is 0. The average molecular weight is 377 g/mol. The van der Waals surface area contributed by atoms with E-state index in [0.29, 0.717) is 24.5 Å². The van der Waals surface area contributed by atoms with Gasteiger partial charge in [0.15, 0.2) is 5.79 Å². The molecule has 1 saturated heterocycles. The topological polar surface area (TPSA) is 111 Å². The van der Waals surface area contributed by atoms with Gasteiger partial charge in [0.2, 0.25) is 0 Å². The Hall–Kier alpha value is -2.74. The van der Waals surface area contributed by atoms with Crippen LogP contribution < -0.4 is 9.64 Å². The first-order valence-electron chi connectivity index (χ1n) is 8.39. The highest BCUT2D eigenvalue weighted by molar-refractivity contribution is 6.64. The maximum absolute atomic E-state index is 12.8. The van der Waals surface area contributed by atoms with E-state index >= 15 is 0 Å². The van der Waals surface area contributed by atoms with E-state index in [4.69, 9.17) is 19.7 Å². The number of amides is 1. The Morgan fingerprint density at radius 1 is 1.30 bits per heavy atom. The number of ether oxygens (including phenoxy) is 4. The van der Waals surface area contributed by atoms with Crippen molar-refractivity contribution in [2.45, 2.75) is 32.2 Å². The first-order valence-corrected chi connectivity index (χ1v) is 8.39. The molecule has 1 fully saturated rings. The van der Waals surface area contributed by atoms with Gasteiger partial charge in [0.05, 0.1) is 26.9 Å². The maximum atomic E-state index is 12.8. The van der Waals surface area contributed by atoms with Gasteiger partial charge in [-0.2, -0.15) is 4.79 Å². The molecule has 0 aromatic heterocycles. The van der Waals surface area contributed by atoms with Crippen molar-refractivity contribution < 1.29 is 33.3 Å². The number of rotatable bonds is 7. The predicted octanol–water partition coefficient (Wildman–Crippen LogP) is 1.41. The minimum absolute atomic E-state index is 0.207. The summed E-state index contributed by atoms with van der Waals surface area (Å²) in [6, 6.07) is 6.70. The molecule has 0 unspecified atom stereocenters. The molecule has 0 N–H and O–H groups in total. The molecule has 0 spiro atoms. The number of hydrogen-bond donors (Lipinski definition) is 0. The third-order valence-electron chi connectivity index (χ3n) is 4.05. The average Bonchev–Trinajstić information content (AvgIpc) is 3.01. The van der Waals surface area contributed by atoms with E-state index in [1.807, 2.05) is 13.8 Å². The molecule has 1 aliphatic heterocycles. The zero-order valence-corrected chi connectivity index (χ0v) is 15.8. The second-order valence-electron chi connectivity index (χ2n) is 6.33. The van der Waals surface area contributed by atoms with E-state index < -0.39 is 23.4 Å². The third kappa shape index (κ3) is 5.13. The molecule has 0 bridgehead atoms. The van der Waals surface area contributed by atoms with E-state index in [9.17, 15) is 9.59 Å².